The summed E-state index contributed by atoms with van der Waals surface area (Å²) in [7, 11) is 0. The molecule has 1 aliphatic heterocycles. The van der Waals surface area contributed by atoms with Crippen molar-refractivity contribution in [3.63, 3.8) is 0 Å². The zero-order valence-corrected chi connectivity index (χ0v) is 15.4. The standard InChI is InChI=1S/C22H27NO3/c1-2-25-22(24)20-11-7-13-23(17-20)14-15-26-21-12-6-10-19(16-21)18-8-4-3-5-9-18/h3-6,8-10,12,16,20H,2,7,11,13-15,17H2,1H3/t20-/m1/s1. The molecule has 4 nitrogen and oxygen atoms in total. The highest BCUT2D eigenvalue weighted by Crippen LogP contribution is 2.24. The van der Waals surface area contributed by atoms with Gasteiger partial charge in [-0.15, -0.1) is 0 Å². The van der Waals surface area contributed by atoms with Gasteiger partial charge in [-0.25, -0.2) is 0 Å². The molecule has 0 N–H and O–H groups in total. The first kappa shape index (κ1) is 18.5. The predicted molar refractivity (Wildman–Crippen MR) is 103 cm³/mol. The number of ether oxygens (including phenoxy) is 2. The van der Waals surface area contributed by atoms with Gasteiger partial charge in [0.1, 0.15) is 12.4 Å². The van der Waals surface area contributed by atoms with Crippen LogP contribution in [0.1, 0.15) is 19.8 Å². The van der Waals surface area contributed by atoms with Crippen LogP contribution in [0.25, 0.3) is 11.1 Å². The molecule has 1 atom stereocenters. The van der Waals surface area contributed by atoms with Crippen LogP contribution < -0.4 is 4.74 Å². The lowest BCUT2D eigenvalue weighted by atomic mass is 9.98. The summed E-state index contributed by atoms with van der Waals surface area (Å²) in [6, 6.07) is 18.5. The molecule has 0 unspecified atom stereocenters. The second-order valence-corrected chi connectivity index (χ2v) is 6.63. The zero-order valence-electron chi connectivity index (χ0n) is 15.4. The van der Waals surface area contributed by atoms with E-state index in [9.17, 15) is 4.79 Å². The number of hydrogen-bond acceptors (Lipinski definition) is 4. The van der Waals surface area contributed by atoms with Gasteiger partial charge in [0.25, 0.3) is 0 Å². The molecule has 0 aromatic heterocycles. The molecule has 0 radical (unpaired) electrons. The number of likely N-dealkylation sites (tertiary alicyclic amines) is 1. The van der Waals surface area contributed by atoms with Crippen LogP contribution in [0, 0.1) is 5.92 Å². The van der Waals surface area contributed by atoms with Crippen LogP contribution in [-0.4, -0.2) is 43.7 Å². The second-order valence-electron chi connectivity index (χ2n) is 6.63. The second kappa shape index (κ2) is 9.39. The quantitative estimate of drug-likeness (QED) is 0.705. The Balaban J connectivity index is 1.50. The van der Waals surface area contributed by atoms with Crippen LogP contribution >= 0.6 is 0 Å². The van der Waals surface area contributed by atoms with Crippen molar-refractivity contribution < 1.29 is 14.3 Å². The molecule has 138 valence electrons. The highest BCUT2D eigenvalue weighted by molar-refractivity contribution is 5.72. The van der Waals surface area contributed by atoms with E-state index in [-0.39, 0.29) is 11.9 Å². The maximum Gasteiger partial charge on any atom is 0.310 e. The van der Waals surface area contributed by atoms with Gasteiger partial charge in [-0.3, -0.25) is 9.69 Å². The SMILES string of the molecule is CCOC(=O)[C@@H]1CCCN(CCOc2cccc(-c3ccccc3)c2)C1. The molecule has 2 aromatic carbocycles. The molecular weight excluding hydrogens is 326 g/mol. The zero-order chi connectivity index (χ0) is 18.2. The molecule has 26 heavy (non-hydrogen) atoms. The van der Waals surface area contributed by atoms with Crippen molar-refractivity contribution in [1.82, 2.24) is 4.90 Å². The third-order valence-corrected chi connectivity index (χ3v) is 4.74. The Kier molecular flexibility index (Phi) is 6.67. The predicted octanol–water partition coefficient (Wildman–Crippen LogP) is 4.01. The lowest BCUT2D eigenvalue weighted by Crippen LogP contribution is -2.41. The van der Waals surface area contributed by atoms with E-state index in [1.54, 1.807) is 0 Å². The fourth-order valence-corrected chi connectivity index (χ4v) is 3.40. The van der Waals surface area contributed by atoms with E-state index >= 15 is 0 Å². The summed E-state index contributed by atoms with van der Waals surface area (Å²) < 4.78 is 11.1. The molecule has 0 spiro atoms. The van der Waals surface area contributed by atoms with E-state index < -0.39 is 0 Å². The van der Waals surface area contributed by atoms with Gasteiger partial charge in [0, 0.05) is 13.1 Å². The third kappa shape index (κ3) is 5.09. The summed E-state index contributed by atoms with van der Waals surface area (Å²) in [6.07, 6.45) is 1.96. The molecule has 1 saturated heterocycles. The summed E-state index contributed by atoms with van der Waals surface area (Å²) in [5.74, 6) is 0.823. The van der Waals surface area contributed by atoms with Crippen LogP contribution in [0.5, 0.6) is 5.75 Å². The fraction of sp³-hybridized carbons (Fsp3) is 0.409. The highest BCUT2D eigenvalue weighted by Gasteiger charge is 2.26. The van der Waals surface area contributed by atoms with Crippen molar-refractivity contribution in [3.05, 3.63) is 54.6 Å². The van der Waals surface area contributed by atoms with Gasteiger partial charge >= 0.3 is 5.97 Å². The Hall–Kier alpha value is -2.33. The number of nitrogens with zero attached hydrogens (tertiary/aromatic N) is 1. The number of piperidine rings is 1. The average Bonchev–Trinajstić information content (AvgIpc) is 2.69. The molecule has 0 saturated carbocycles. The van der Waals surface area contributed by atoms with E-state index in [0.717, 1.165) is 43.8 Å². The van der Waals surface area contributed by atoms with Crippen LogP contribution in [0.2, 0.25) is 0 Å². The summed E-state index contributed by atoms with van der Waals surface area (Å²) in [6.45, 7) is 5.54. The average molecular weight is 353 g/mol. The summed E-state index contributed by atoms with van der Waals surface area (Å²) >= 11 is 0. The number of carbonyl (C=O) groups excluding carboxylic acids is 1. The van der Waals surface area contributed by atoms with Gasteiger partial charge in [-0.1, -0.05) is 42.5 Å². The van der Waals surface area contributed by atoms with Gasteiger partial charge in [0.15, 0.2) is 0 Å². The molecule has 2 aromatic rings. The molecule has 0 bridgehead atoms. The van der Waals surface area contributed by atoms with Gasteiger partial charge < -0.3 is 9.47 Å². The van der Waals surface area contributed by atoms with Crippen molar-refractivity contribution in [1.29, 1.82) is 0 Å². The minimum Gasteiger partial charge on any atom is -0.492 e. The minimum atomic E-state index is -0.0614. The molecule has 1 heterocycles. The Labute approximate surface area is 155 Å². The van der Waals surface area contributed by atoms with Crippen molar-refractivity contribution in [2.75, 3.05) is 32.8 Å². The van der Waals surface area contributed by atoms with E-state index in [4.69, 9.17) is 9.47 Å². The summed E-state index contributed by atoms with van der Waals surface area (Å²) in [4.78, 5) is 14.2. The van der Waals surface area contributed by atoms with E-state index in [0.29, 0.717) is 13.2 Å². The third-order valence-electron chi connectivity index (χ3n) is 4.74. The minimum absolute atomic E-state index is 0.00473. The first-order valence-corrected chi connectivity index (χ1v) is 9.43. The Bertz CT molecular complexity index is 702. The van der Waals surface area contributed by atoms with Crippen molar-refractivity contribution >= 4 is 5.97 Å². The lowest BCUT2D eigenvalue weighted by molar-refractivity contribution is -0.150. The largest absolute Gasteiger partial charge is 0.492 e. The topological polar surface area (TPSA) is 38.8 Å². The molecule has 3 rings (SSSR count). The summed E-state index contributed by atoms with van der Waals surface area (Å²) in [5.41, 5.74) is 2.34. The molecule has 0 amide bonds. The van der Waals surface area contributed by atoms with E-state index in [2.05, 4.69) is 29.2 Å². The van der Waals surface area contributed by atoms with Gasteiger partial charge in [-0.2, -0.15) is 0 Å². The molecule has 1 aliphatic rings. The Morgan fingerprint density at radius 2 is 1.92 bits per heavy atom. The smallest absolute Gasteiger partial charge is 0.310 e. The van der Waals surface area contributed by atoms with Crippen LogP contribution in [0.3, 0.4) is 0 Å². The van der Waals surface area contributed by atoms with Crippen molar-refractivity contribution in [3.8, 4) is 16.9 Å². The molecule has 0 aliphatic carbocycles. The maximum absolute atomic E-state index is 11.9. The summed E-state index contributed by atoms with van der Waals surface area (Å²) in [5, 5.41) is 0. The maximum atomic E-state index is 11.9. The molecular formula is C22H27NO3. The fourth-order valence-electron chi connectivity index (χ4n) is 3.40. The number of carbonyl (C=O) groups is 1. The lowest BCUT2D eigenvalue weighted by Gasteiger charge is -2.31. The first-order chi connectivity index (χ1) is 12.8. The molecule has 4 heteroatoms. The van der Waals surface area contributed by atoms with Gasteiger partial charge in [0.2, 0.25) is 0 Å². The van der Waals surface area contributed by atoms with E-state index in [1.165, 1.54) is 5.56 Å². The number of hydrogen-bond donors (Lipinski definition) is 0. The van der Waals surface area contributed by atoms with Crippen LogP contribution in [0.4, 0.5) is 0 Å². The normalized spacial score (nSPS) is 17.7. The number of benzene rings is 2. The number of esters is 1. The Morgan fingerprint density at radius 1 is 1.12 bits per heavy atom. The Morgan fingerprint density at radius 3 is 2.73 bits per heavy atom. The number of rotatable bonds is 7. The van der Waals surface area contributed by atoms with Gasteiger partial charge in [-0.05, 0) is 49.6 Å². The molecule has 1 fully saturated rings. The highest BCUT2D eigenvalue weighted by atomic mass is 16.5. The van der Waals surface area contributed by atoms with Crippen LogP contribution in [-0.2, 0) is 9.53 Å². The first-order valence-electron chi connectivity index (χ1n) is 9.43. The van der Waals surface area contributed by atoms with Crippen LogP contribution in [0.15, 0.2) is 54.6 Å². The van der Waals surface area contributed by atoms with Crippen molar-refractivity contribution in [2.45, 2.75) is 19.8 Å². The van der Waals surface area contributed by atoms with Crippen molar-refractivity contribution in [2.24, 2.45) is 5.92 Å². The van der Waals surface area contributed by atoms with Gasteiger partial charge in [0.05, 0.1) is 12.5 Å². The van der Waals surface area contributed by atoms with E-state index in [1.807, 2.05) is 37.3 Å². The monoisotopic (exact) mass is 353 g/mol.